The van der Waals surface area contributed by atoms with Gasteiger partial charge < -0.3 is 5.32 Å². The molecule has 0 saturated heterocycles. The van der Waals surface area contributed by atoms with Crippen LogP contribution in [-0.4, -0.2) is 12.6 Å². The van der Waals surface area contributed by atoms with Crippen molar-refractivity contribution in [1.82, 2.24) is 5.32 Å². The molecule has 16 heavy (non-hydrogen) atoms. The van der Waals surface area contributed by atoms with Gasteiger partial charge in [0, 0.05) is 15.4 Å². The first-order valence-electron chi connectivity index (χ1n) is 6.00. The van der Waals surface area contributed by atoms with E-state index in [1.165, 1.54) is 22.2 Å². The molecular weight excluding hydrogens is 282 g/mol. The molecule has 2 unspecified atom stereocenters. The quantitative estimate of drug-likeness (QED) is 0.864. The third-order valence-electron chi connectivity index (χ3n) is 3.64. The number of hydrogen-bond donors (Lipinski definition) is 1. The molecule has 0 aliphatic heterocycles. The molecule has 1 aromatic rings. The molecule has 1 aromatic heterocycles. The van der Waals surface area contributed by atoms with Gasteiger partial charge in [-0.3, -0.25) is 0 Å². The fraction of sp³-hybridized carbons (Fsp3) is 0.692. The van der Waals surface area contributed by atoms with Crippen LogP contribution in [0.2, 0.25) is 0 Å². The molecule has 1 aliphatic rings. The predicted octanol–water partition coefficient (Wildman–Crippen LogP) is 4.08. The third kappa shape index (κ3) is 2.69. The van der Waals surface area contributed by atoms with Crippen molar-refractivity contribution in [3.63, 3.8) is 0 Å². The number of rotatable bonds is 5. The number of hydrogen-bond acceptors (Lipinski definition) is 2. The highest BCUT2D eigenvalue weighted by Crippen LogP contribution is 2.54. The summed E-state index contributed by atoms with van der Waals surface area (Å²) in [6, 6.07) is 2.80. The second-order valence-corrected chi connectivity index (χ2v) is 7.21. The van der Waals surface area contributed by atoms with E-state index in [2.05, 4.69) is 53.5 Å². The van der Waals surface area contributed by atoms with Gasteiger partial charge in [-0.25, -0.2) is 0 Å². The Hall–Kier alpha value is 0.140. The molecule has 3 heteroatoms. The van der Waals surface area contributed by atoms with Gasteiger partial charge in [0.1, 0.15) is 0 Å². The number of halogens is 1. The molecule has 1 heterocycles. The molecule has 0 aromatic carbocycles. The van der Waals surface area contributed by atoms with Crippen molar-refractivity contribution in [2.75, 3.05) is 6.54 Å². The van der Waals surface area contributed by atoms with E-state index in [-0.39, 0.29) is 0 Å². The van der Waals surface area contributed by atoms with Crippen LogP contribution < -0.4 is 5.32 Å². The molecule has 1 nitrogen and oxygen atoms in total. The average molecular weight is 302 g/mol. The van der Waals surface area contributed by atoms with Crippen LogP contribution in [0.25, 0.3) is 0 Å². The zero-order chi connectivity index (χ0) is 11.8. The van der Waals surface area contributed by atoms with Crippen molar-refractivity contribution in [3.05, 3.63) is 20.8 Å². The minimum Gasteiger partial charge on any atom is -0.314 e. The zero-order valence-electron chi connectivity index (χ0n) is 10.2. The maximum absolute atomic E-state index is 3.65. The Labute approximate surface area is 111 Å². The Balaban J connectivity index is 2.01. The molecule has 1 fully saturated rings. The first kappa shape index (κ1) is 12.6. The lowest BCUT2D eigenvalue weighted by Crippen LogP contribution is -2.34. The summed E-state index contributed by atoms with van der Waals surface area (Å²) in [4.78, 5) is 1.48. The summed E-state index contributed by atoms with van der Waals surface area (Å²) in [7, 11) is 0. The smallest absolute Gasteiger partial charge is 0.0314 e. The molecule has 1 saturated carbocycles. The lowest BCUT2D eigenvalue weighted by atomic mass is 10.0. The van der Waals surface area contributed by atoms with Crippen LogP contribution in [-0.2, 0) is 6.42 Å². The molecule has 2 rings (SSSR count). The SMILES string of the molecule is CCNC(Cc1sccc1Br)C1CC1(C)C. The Morgan fingerprint density at radius 2 is 2.31 bits per heavy atom. The van der Waals surface area contributed by atoms with Gasteiger partial charge in [0.25, 0.3) is 0 Å². The van der Waals surface area contributed by atoms with Crippen LogP contribution in [0, 0.1) is 11.3 Å². The summed E-state index contributed by atoms with van der Waals surface area (Å²) in [5, 5.41) is 5.82. The summed E-state index contributed by atoms with van der Waals surface area (Å²) >= 11 is 5.49. The highest BCUT2D eigenvalue weighted by molar-refractivity contribution is 9.10. The summed E-state index contributed by atoms with van der Waals surface area (Å²) < 4.78 is 1.28. The van der Waals surface area contributed by atoms with Gasteiger partial charge in [0.15, 0.2) is 0 Å². The standard InChI is InChI=1S/C13H20BrNS/c1-4-15-11(9-8-13(9,2)3)7-12-10(14)5-6-16-12/h5-6,9,11,15H,4,7-8H2,1-3H3. The molecule has 1 N–H and O–H groups in total. The van der Waals surface area contributed by atoms with Gasteiger partial charge in [-0.1, -0.05) is 20.8 Å². The maximum Gasteiger partial charge on any atom is 0.0314 e. The van der Waals surface area contributed by atoms with Crippen molar-refractivity contribution in [2.45, 2.75) is 39.7 Å². The highest BCUT2D eigenvalue weighted by Gasteiger charge is 2.49. The molecule has 2 atom stereocenters. The van der Waals surface area contributed by atoms with E-state index in [1.54, 1.807) is 0 Å². The highest BCUT2D eigenvalue weighted by atomic mass is 79.9. The van der Waals surface area contributed by atoms with E-state index in [9.17, 15) is 0 Å². The molecular formula is C13H20BrNS. The van der Waals surface area contributed by atoms with Gasteiger partial charge in [-0.05, 0) is 58.1 Å². The van der Waals surface area contributed by atoms with Crippen molar-refractivity contribution in [3.8, 4) is 0 Å². The Morgan fingerprint density at radius 3 is 2.75 bits per heavy atom. The topological polar surface area (TPSA) is 12.0 Å². The first-order valence-corrected chi connectivity index (χ1v) is 7.67. The lowest BCUT2D eigenvalue weighted by molar-refractivity contribution is 0.411. The summed E-state index contributed by atoms with van der Waals surface area (Å²) in [5.74, 6) is 0.849. The molecule has 0 spiro atoms. The monoisotopic (exact) mass is 301 g/mol. The van der Waals surface area contributed by atoms with Gasteiger partial charge in [-0.2, -0.15) is 0 Å². The number of likely N-dealkylation sites (N-methyl/N-ethyl adjacent to an activating group) is 1. The summed E-state index contributed by atoms with van der Waals surface area (Å²) in [5.41, 5.74) is 0.552. The lowest BCUT2D eigenvalue weighted by Gasteiger charge is -2.19. The molecule has 0 radical (unpaired) electrons. The van der Waals surface area contributed by atoms with Crippen LogP contribution in [0.5, 0.6) is 0 Å². The number of thiophene rings is 1. The third-order valence-corrected chi connectivity index (χ3v) is 5.59. The van der Waals surface area contributed by atoms with E-state index in [4.69, 9.17) is 0 Å². The fourth-order valence-corrected chi connectivity index (χ4v) is 4.06. The van der Waals surface area contributed by atoms with Gasteiger partial charge in [-0.15, -0.1) is 11.3 Å². The van der Waals surface area contributed by atoms with Crippen LogP contribution >= 0.6 is 27.3 Å². The summed E-state index contributed by atoms with van der Waals surface area (Å²) in [6.07, 6.45) is 2.54. The molecule has 0 bridgehead atoms. The van der Waals surface area contributed by atoms with E-state index in [0.29, 0.717) is 11.5 Å². The Morgan fingerprint density at radius 1 is 1.62 bits per heavy atom. The van der Waals surface area contributed by atoms with Crippen LogP contribution in [0.3, 0.4) is 0 Å². The number of nitrogens with one attached hydrogen (secondary N) is 1. The van der Waals surface area contributed by atoms with Crippen molar-refractivity contribution < 1.29 is 0 Å². The van der Waals surface area contributed by atoms with E-state index in [0.717, 1.165) is 12.5 Å². The minimum absolute atomic E-state index is 0.552. The largest absolute Gasteiger partial charge is 0.314 e. The van der Waals surface area contributed by atoms with Crippen LogP contribution in [0.1, 0.15) is 32.1 Å². The Bertz CT molecular complexity index is 359. The predicted molar refractivity (Wildman–Crippen MR) is 75.1 cm³/mol. The molecule has 1 aliphatic carbocycles. The van der Waals surface area contributed by atoms with E-state index < -0.39 is 0 Å². The minimum atomic E-state index is 0.552. The summed E-state index contributed by atoms with van der Waals surface area (Å²) in [6.45, 7) is 8.03. The average Bonchev–Trinajstić information content (AvgIpc) is 2.64. The van der Waals surface area contributed by atoms with Gasteiger partial charge in [0.2, 0.25) is 0 Å². The van der Waals surface area contributed by atoms with Crippen molar-refractivity contribution in [1.29, 1.82) is 0 Å². The maximum atomic E-state index is 3.65. The normalized spacial score (nSPS) is 24.4. The van der Waals surface area contributed by atoms with Crippen LogP contribution in [0.15, 0.2) is 15.9 Å². The molecule has 90 valence electrons. The van der Waals surface area contributed by atoms with Crippen molar-refractivity contribution in [2.24, 2.45) is 11.3 Å². The van der Waals surface area contributed by atoms with Gasteiger partial charge >= 0.3 is 0 Å². The van der Waals surface area contributed by atoms with Gasteiger partial charge in [0.05, 0.1) is 0 Å². The second-order valence-electron chi connectivity index (χ2n) is 5.36. The Kier molecular flexibility index (Phi) is 3.77. The first-order chi connectivity index (χ1) is 7.54. The second kappa shape index (κ2) is 4.79. The zero-order valence-corrected chi connectivity index (χ0v) is 12.6. The van der Waals surface area contributed by atoms with E-state index in [1.807, 2.05) is 11.3 Å². The van der Waals surface area contributed by atoms with E-state index >= 15 is 0 Å². The molecule has 0 amide bonds. The van der Waals surface area contributed by atoms with Crippen LogP contribution in [0.4, 0.5) is 0 Å². The van der Waals surface area contributed by atoms with Crippen molar-refractivity contribution >= 4 is 27.3 Å². The fourth-order valence-electron chi connectivity index (χ4n) is 2.48.